The van der Waals surface area contributed by atoms with Crippen LogP contribution in [-0.4, -0.2) is 36.7 Å². The van der Waals surface area contributed by atoms with Crippen molar-refractivity contribution in [3.8, 4) is 22.8 Å². The van der Waals surface area contributed by atoms with E-state index >= 15 is 0 Å². The predicted octanol–water partition coefficient (Wildman–Crippen LogP) is 6.23. The molecule has 0 N–H and O–H groups in total. The molecule has 164 valence electrons. The Morgan fingerprint density at radius 2 is 1.84 bits per heavy atom. The summed E-state index contributed by atoms with van der Waals surface area (Å²) in [6, 6.07) is 19.2. The molecule has 0 aliphatic carbocycles. The number of fused-ring (bicyclic) bond motifs is 5. The molecule has 1 aliphatic rings. The van der Waals surface area contributed by atoms with Gasteiger partial charge in [0, 0.05) is 24.0 Å². The highest BCUT2D eigenvalue weighted by Gasteiger charge is 2.24. The van der Waals surface area contributed by atoms with Gasteiger partial charge in [-0.25, -0.2) is 4.98 Å². The van der Waals surface area contributed by atoms with Crippen molar-refractivity contribution in [2.75, 3.05) is 26.8 Å². The molecule has 0 amide bonds. The normalized spacial score (nSPS) is 14.0. The number of nitrogens with zero attached hydrogens (tertiary/aromatic N) is 2. The molecule has 1 aromatic heterocycles. The second-order valence-corrected chi connectivity index (χ2v) is 8.43. The van der Waals surface area contributed by atoms with Gasteiger partial charge in [-0.2, -0.15) is 0 Å². The lowest BCUT2D eigenvalue weighted by Crippen LogP contribution is -2.31. The van der Waals surface area contributed by atoms with E-state index in [1.165, 1.54) is 27.3 Å². The number of likely N-dealkylation sites (N-methyl/N-ethyl adjacent to an activating group) is 1. The van der Waals surface area contributed by atoms with Gasteiger partial charge in [-0.05, 0) is 65.6 Å². The average molecular weight is 427 g/mol. The number of rotatable bonds is 6. The summed E-state index contributed by atoms with van der Waals surface area (Å²) in [5, 5.41) is 3.88. The highest BCUT2D eigenvalue weighted by atomic mass is 16.5. The summed E-state index contributed by atoms with van der Waals surface area (Å²) in [6.07, 6.45) is 2.00. The lowest BCUT2D eigenvalue weighted by Gasteiger charge is -2.30. The zero-order chi connectivity index (χ0) is 22.1. The van der Waals surface area contributed by atoms with Crippen molar-refractivity contribution in [2.45, 2.75) is 33.2 Å². The van der Waals surface area contributed by atoms with E-state index in [-0.39, 0.29) is 0 Å². The Morgan fingerprint density at radius 3 is 2.66 bits per heavy atom. The van der Waals surface area contributed by atoms with E-state index < -0.39 is 0 Å². The Kier molecular flexibility index (Phi) is 5.71. The number of ether oxygens (including phenoxy) is 2. The van der Waals surface area contributed by atoms with Gasteiger partial charge >= 0.3 is 0 Å². The molecule has 0 saturated carbocycles. The van der Waals surface area contributed by atoms with Crippen LogP contribution in [0.25, 0.3) is 32.9 Å². The van der Waals surface area contributed by atoms with Crippen molar-refractivity contribution in [1.82, 2.24) is 9.88 Å². The van der Waals surface area contributed by atoms with Crippen LogP contribution in [0.1, 0.15) is 31.4 Å². The molecule has 0 radical (unpaired) electrons. The Bertz CT molecular complexity index is 1280. The highest BCUT2D eigenvalue weighted by Crippen LogP contribution is 2.39. The quantitative estimate of drug-likeness (QED) is 0.342. The number of hydrogen-bond acceptors (Lipinski definition) is 4. The van der Waals surface area contributed by atoms with Crippen LogP contribution in [0.2, 0.25) is 0 Å². The van der Waals surface area contributed by atoms with E-state index in [4.69, 9.17) is 14.5 Å². The molecule has 5 rings (SSSR count). The van der Waals surface area contributed by atoms with E-state index in [1.54, 1.807) is 7.11 Å². The molecule has 4 nitrogen and oxygen atoms in total. The molecule has 0 fully saturated rings. The van der Waals surface area contributed by atoms with Crippen molar-refractivity contribution in [2.24, 2.45) is 0 Å². The zero-order valence-electron chi connectivity index (χ0n) is 19.1. The smallest absolute Gasteiger partial charge is 0.161 e. The third-order valence-corrected chi connectivity index (χ3v) is 6.50. The Morgan fingerprint density at radius 1 is 0.969 bits per heavy atom. The molecule has 0 saturated heterocycles. The minimum atomic E-state index is 0.678. The van der Waals surface area contributed by atoms with E-state index in [2.05, 4.69) is 67.3 Å². The van der Waals surface area contributed by atoms with Crippen molar-refractivity contribution < 1.29 is 9.47 Å². The largest absolute Gasteiger partial charge is 0.493 e. The van der Waals surface area contributed by atoms with Gasteiger partial charge in [0.1, 0.15) is 0 Å². The van der Waals surface area contributed by atoms with Gasteiger partial charge in [-0.1, -0.05) is 44.2 Å². The maximum Gasteiger partial charge on any atom is 0.161 e. The van der Waals surface area contributed by atoms with E-state index in [9.17, 15) is 0 Å². The fourth-order valence-electron chi connectivity index (χ4n) is 4.83. The van der Waals surface area contributed by atoms with Crippen molar-refractivity contribution in [3.05, 3.63) is 65.7 Å². The Labute approximate surface area is 189 Å². The molecule has 1 aliphatic heterocycles. The zero-order valence-corrected chi connectivity index (χ0v) is 19.1. The van der Waals surface area contributed by atoms with Crippen LogP contribution in [0.3, 0.4) is 0 Å². The molecule has 0 unspecified atom stereocenters. The van der Waals surface area contributed by atoms with Crippen LogP contribution in [0.4, 0.5) is 0 Å². The van der Waals surface area contributed by atoms with Gasteiger partial charge in [0.15, 0.2) is 11.5 Å². The molecule has 0 atom stereocenters. The second kappa shape index (κ2) is 8.79. The molecule has 3 aromatic carbocycles. The lowest BCUT2D eigenvalue weighted by atomic mass is 9.89. The summed E-state index contributed by atoms with van der Waals surface area (Å²) in [5.41, 5.74) is 5.98. The number of methoxy groups -OCH3 is 1. The van der Waals surface area contributed by atoms with Gasteiger partial charge in [0.2, 0.25) is 0 Å². The van der Waals surface area contributed by atoms with Crippen LogP contribution in [0.15, 0.2) is 54.6 Å². The van der Waals surface area contributed by atoms with Crippen molar-refractivity contribution in [3.63, 3.8) is 0 Å². The van der Waals surface area contributed by atoms with E-state index in [0.29, 0.717) is 6.61 Å². The summed E-state index contributed by atoms with van der Waals surface area (Å²) in [5.74, 6) is 1.54. The fourth-order valence-corrected chi connectivity index (χ4v) is 4.83. The van der Waals surface area contributed by atoms with Crippen LogP contribution < -0.4 is 9.47 Å². The van der Waals surface area contributed by atoms with Gasteiger partial charge in [-0.15, -0.1) is 0 Å². The standard InChI is InChI=1S/C28H30N2O2/c1-4-16-32-25-13-11-20(17-26(25)31-3)28-23-18-30(5-2)15-14-22(23)27-21-9-7-6-8-19(21)10-12-24(27)29-28/h6-13,17H,4-5,14-16,18H2,1-3H3. The summed E-state index contributed by atoms with van der Waals surface area (Å²) >= 11 is 0. The summed E-state index contributed by atoms with van der Waals surface area (Å²) in [4.78, 5) is 7.72. The van der Waals surface area contributed by atoms with Crippen LogP contribution in [0.5, 0.6) is 11.5 Å². The summed E-state index contributed by atoms with van der Waals surface area (Å²) in [7, 11) is 1.70. The summed E-state index contributed by atoms with van der Waals surface area (Å²) < 4.78 is 11.6. The second-order valence-electron chi connectivity index (χ2n) is 8.43. The molecule has 0 spiro atoms. The first-order valence-electron chi connectivity index (χ1n) is 11.6. The molecule has 32 heavy (non-hydrogen) atoms. The summed E-state index contributed by atoms with van der Waals surface area (Å²) in [6.45, 7) is 8.06. The minimum Gasteiger partial charge on any atom is -0.493 e. The highest BCUT2D eigenvalue weighted by molar-refractivity contribution is 6.09. The van der Waals surface area contributed by atoms with Crippen LogP contribution in [-0.2, 0) is 13.0 Å². The van der Waals surface area contributed by atoms with E-state index in [0.717, 1.165) is 60.7 Å². The van der Waals surface area contributed by atoms with Crippen LogP contribution >= 0.6 is 0 Å². The predicted molar refractivity (Wildman–Crippen MR) is 132 cm³/mol. The maximum absolute atomic E-state index is 5.88. The maximum atomic E-state index is 5.88. The first-order chi connectivity index (χ1) is 15.7. The first-order valence-corrected chi connectivity index (χ1v) is 11.6. The Hall–Kier alpha value is -3.11. The van der Waals surface area contributed by atoms with E-state index in [1.807, 2.05) is 6.07 Å². The topological polar surface area (TPSA) is 34.6 Å². The van der Waals surface area contributed by atoms with Gasteiger partial charge in [-0.3, -0.25) is 4.90 Å². The van der Waals surface area contributed by atoms with Crippen molar-refractivity contribution >= 4 is 21.7 Å². The SMILES string of the molecule is CCCOc1ccc(-c2nc3ccc4ccccc4c3c3c2CN(CC)CC3)cc1OC. The minimum absolute atomic E-state index is 0.678. The van der Waals surface area contributed by atoms with Crippen molar-refractivity contribution in [1.29, 1.82) is 0 Å². The average Bonchev–Trinajstić information content (AvgIpc) is 2.86. The van der Waals surface area contributed by atoms with Gasteiger partial charge in [0.25, 0.3) is 0 Å². The monoisotopic (exact) mass is 426 g/mol. The third kappa shape index (κ3) is 3.59. The third-order valence-electron chi connectivity index (χ3n) is 6.50. The number of benzene rings is 3. The number of pyridine rings is 1. The Balaban J connectivity index is 1.74. The fraction of sp³-hybridized carbons (Fsp3) is 0.321. The molecule has 2 heterocycles. The molecule has 0 bridgehead atoms. The number of hydrogen-bond donors (Lipinski definition) is 0. The molecule has 4 heteroatoms. The van der Waals surface area contributed by atoms with Gasteiger partial charge in [0.05, 0.1) is 24.9 Å². The first kappa shape index (κ1) is 20.8. The molecular formula is C28H30N2O2. The van der Waals surface area contributed by atoms with Crippen LogP contribution in [0, 0.1) is 0 Å². The lowest BCUT2D eigenvalue weighted by molar-refractivity contribution is 0.269. The van der Waals surface area contributed by atoms with Gasteiger partial charge < -0.3 is 9.47 Å². The molecule has 4 aromatic rings. The number of aromatic nitrogens is 1. The molecular weight excluding hydrogens is 396 g/mol.